The number of carbonyl (C=O) groups is 1. The Labute approximate surface area is 58.1 Å². The zero-order chi connectivity index (χ0) is 7.14. The standard InChI is InChI=1S/C6H8O4/c1-8-6-5-4(10-5)3(7)2-9-6/h4-6H,2H2,1H3/t4-,5-,6-/m0/s1. The predicted octanol–water partition coefficient (Wildman–Crippen LogP) is -0.674. The maximum Gasteiger partial charge on any atom is 0.190 e. The van der Waals surface area contributed by atoms with Crippen molar-refractivity contribution >= 4 is 5.78 Å². The molecule has 0 aromatic carbocycles. The highest BCUT2D eigenvalue weighted by molar-refractivity contribution is 5.87. The van der Waals surface area contributed by atoms with E-state index in [1.807, 2.05) is 0 Å². The van der Waals surface area contributed by atoms with Gasteiger partial charge in [-0.25, -0.2) is 0 Å². The number of fused-ring (bicyclic) bond motifs is 1. The summed E-state index contributed by atoms with van der Waals surface area (Å²) >= 11 is 0. The number of methoxy groups -OCH3 is 1. The molecule has 0 bridgehead atoms. The first-order valence-electron chi connectivity index (χ1n) is 3.15. The molecule has 10 heavy (non-hydrogen) atoms. The Morgan fingerprint density at radius 3 is 3.20 bits per heavy atom. The third-order valence-electron chi connectivity index (χ3n) is 1.73. The lowest BCUT2D eigenvalue weighted by atomic mass is 10.2. The lowest BCUT2D eigenvalue weighted by molar-refractivity contribution is -0.157. The second-order valence-electron chi connectivity index (χ2n) is 2.40. The smallest absolute Gasteiger partial charge is 0.190 e. The van der Waals surface area contributed by atoms with Crippen molar-refractivity contribution in [1.82, 2.24) is 0 Å². The average Bonchev–Trinajstić information content (AvgIpc) is 2.68. The van der Waals surface area contributed by atoms with E-state index >= 15 is 0 Å². The van der Waals surface area contributed by atoms with Crippen LogP contribution in [-0.4, -0.2) is 38.0 Å². The van der Waals surface area contributed by atoms with Crippen molar-refractivity contribution in [3.63, 3.8) is 0 Å². The van der Waals surface area contributed by atoms with Crippen molar-refractivity contribution in [2.24, 2.45) is 0 Å². The maximum atomic E-state index is 10.8. The first kappa shape index (κ1) is 6.27. The number of epoxide rings is 1. The minimum atomic E-state index is -0.331. The Kier molecular flexibility index (Phi) is 1.26. The molecule has 3 atom stereocenters. The fourth-order valence-corrected chi connectivity index (χ4v) is 1.13. The van der Waals surface area contributed by atoms with E-state index in [0.29, 0.717) is 0 Å². The molecule has 2 saturated heterocycles. The van der Waals surface area contributed by atoms with Crippen LogP contribution in [-0.2, 0) is 19.0 Å². The fraction of sp³-hybridized carbons (Fsp3) is 0.833. The van der Waals surface area contributed by atoms with Gasteiger partial charge in [0.2, 0.25) is 0 Å². The maximum absolute atomic E-state index is 10.8. The average molecular weight is 144 g/mol. The van der Waals surface area contributed by atoms with E-state index in [1.54, 1.807) is 7.11 Å². The van der Waals surface area contributed by atoms with Gasteiger partial charge in [-0.15, -0.1) is 0 Å². The molecule has 0 spiro atoms. The zero-order valence-electron chi connectivity index (χ0n) is 5.57. The summed E-state index contributed by atoms with van der Waals surface area (Å²) in [4.78, 5) is 10.8. The number of rotatable bonds is 1. The highest BCUT2D eigenvalue weighted by Gasteiger charge is 2.54. The quantitative estimate of drug-likeness (QED) is 0.458. The molecule has 2 aliphatic heterocycles. The van der Waals surface area contributed by atoms with Crippen molar-refractivity contribution in [3.05, 3.63) is 0 Å². The van der Waals surface area contributed by atoms with Gasteiger partial charge in [-0.2, -0.15) is 0 Å². The van der Waals surface area contributed by atoms with Crippen molar-refractivity contribution < 1.29 is 19.0 Å². The summed E-state index contributed by atoms with van der Waals surface area (Å²) in [5, 5.41) is 0. The largest absolute Gasteiger partial charge is 0.356 e. The third kappa shape index (κ3) is 0.767. The summed E-state index contributed by atoms with van der Waals surface area (Å²) in [5.41, 5.74) is 0. The Hall–Kier alpha value is -0.450. The number of hydrogen-bond donors (Lipinski definition) is 0. The highest BCUT2D eigenvalue weighted by atomic mass is 16.7. The van der Waals surface area contributed by atoms with Gasteiger partial charge in [0.1, 0.15) is 18.8 Å². The van der Waals surface area contributed by atoms with Gasteiger partial charge in [0.25, 0.3) is 0 Å². The molecule has 0 N–H and O–H groups in total. The lowest BCUT2D eigenvalue weighted by Gasteiger charge is -2.15. The van der Waals surface area contributed by atoms with Crippen LogP contribution in [0.5, 0.6) is 0 Å². The predicted molar refractivity (Wildman–Crippen MR) is 30.4 cm³/mol. The third-order valence-corrected chi connectivity index (χ3v) is 1.73. The first-order chi connectivity index (χ1) is 4.83. The summed E-state index contributed by atoms with van der Waals surface area (Å²) in [5.74, 6) is 0.0262. The molecule has 2 fully saturated rings. The summed E-state index contributed by atoms with van der Waals surface area (Å²) < 4.78 is 14.9. The minimum absolute atomic E-state index is 0.0262. The molecule has 0 saturated carbocycles. The fourth-order valence-electron chi connectivity index (χ4n) is 1.13. The van der Waals surface area contributed by atoms with Crippen molar-refractivity contribution in [3.8, 4) is 0 Å². The van der Waals surface area contributed by atoms with Gasteiger partial charge >= 0.3 is 0 Å². The van der Waals surface area contributed by atoms with Crippen LogP contribution in [0.15, 0.2) is 0 Å². The van der Waals surface area contributed by atoms with Crippen LogP contribution in [0.2, 0.25) is 0 Å². The molecule has 0 unspecified atom stereocenters. The number of ketones is 1. The zero-order valence-corrected chi connectivity index (χ0v) is 5.57. The van der Waals surface area contributed by atoms with Gasteiger partial charge < -0.3 is 14.2 Å². The van der Waals surface area contributed by atoms with Crippen molar-refractivity contribution in [2.45, 2.75) is 18.5 Å². The number of ether oxygens (including phenoxy) is 3. The topological polar surface area (TPSA) is 48.1 Å². The summed E-state index contributed by atoms with van der Waals surface area (Å²) in [6, 6.07) is 0. The molecule has 0 aromatic heterocycles. The van der Waals surface area contributed by atoms with Crippen LogP contribution in [0.4, 0.5) is 0 Å². The van der Waals surface area contributed by atoms with Gasteiger partial charge in [0, 0.05) is 7.11 Å². The number of carbonyl (C=O) groups excluding carboxylic acids is 1. The summed E-state index contributed by atoms with van der Waals surface area (Å²) in [6.45, 7) is 0.125. The Balaban J connectivity index is 2.01. The Morgan fingerprint density at radius 1 is 1.70 bits per heavy atom. The summed E-state index contributed by atoms with van der Waals surface area (Å²) in [7, 11) is 1.54. The van der Waals surface area contributed by atoms with Crippen LogP contribution >= 0.6 is 0 Å². The molecule has 4 nitrogen and oxygen atoms in total. The second-order valence-corrected chi connectivity index (χ2v) is 2.40. The van der Waals surface area contributed by atoms with Gasteiger partial charge in [-0.05, 0) is 0 Å². The van der Waals surface area contributed by atoms with E-state index in [9.17, 15) is 4.79 Å². The van der Waals surface area contributed by atoms with Gasteiger partial charge in [0.05, 0.1) is 0 Å². The van der Waals surface area contributed by atoms with E-state index < -0.39 is 0 Å². The van der Waals surface area contributed by atoms with Crippen LogP contribution in [0.25, 0.3) is 0 Å². The monoisotopic (exact) mass is 144 g/mol. The first-order valence-corrected chi connectivity index (χ1v) is 3.15. The van der Waals surface area contributed by atoms with E-state index in [1.165, 1.54) is 0 Å². The minimum Gasteiger partial charge on any atom is -0.356 e. The van der Waals surface area contributed by atoms with E-state index in [4.69, 9.17) is 14.2 Å². The van der Waals surface area contributed by atoms with E-state index in [0.717, 1.165) is 0 Å². The van der Waals surface area contributed by atoms with Gasteiger partial charge in [-0.1, -0.05) is 0 Å². The van der Waals surface area contributed by atoms with Crippen LogP contribution in [0, 0.1) is 0 Å². The molecular formula is C6H8O4. The van der Waals surface area contributed by atoms with Crippen molar-refractivity contribution in [2.75, 3.05) is 13.7 Å². The molecule has 56 valence electrons. The van der Waals surface area contributed by atoms with Crippen LogP contribution in [0.1, 0.15) is 0 Å². The molecule has 2 rings (SSSR count). The molecule has 0 radical (unpaired) electrons. The van der Waals surface area contributed by atoms with Gasteiger partial charge in [-0.3, -0.25) is 4.79 Å². The molecule has 2 heterocycles. The molecule has 2 aliphatic rings. The lowest BCUT2D eigenvalue weighted by Crippen LogP contribution is -2.35. The van der Waals surface area contributed by atoms with E-state index in [-0.39, 0.29) is 30.9 Å². The highest BCUT2D eigenvalue weighted by Crippen LogP contribution is 2.32. The molecule has 0 amide bonds. The normalized spacial score (nSPS) is 44.9. The molecule has 4 heteroatoms. The molecular weight excluding hydrogens is 136 g/mol. The molecule has 0 aromatic rings. The van der Waals surface area contributed by atoms with E-state index in [2.05, 4.69) is 0 Å². The molecule has 0 aliphatic carbocycles. The number of Topliss-reactive ketones (excluding diaryl/α,β-unsaturated/α-hetero) is 1. The number of hydrogen-bond acceptors (Lipinski definition) is 4. The Morgan fingerprint density at radius 2 is 2.50 bits per heavy atom. The SMILES string of the molecule is CO[C@H]1OCC(=O)[C@@H]2O[C@H]12. The Bertz CT molecular complexity index is 167. The van der Waals surface area contributed by atoms with Crippen LogP contribution in [0.3, 0.4) is 0 Å². The summed E-state index contributed by atoms with van der Waals surface area (Å²) in [6.07, 6.45) is -0.701. The van der Waals surface area contributed by atoms with Gasteiger partial charge in [0.15, 0.2) is 12.1 Å². The second kappa shape index (κ2) is 2.02. The van der Waals surface area contributed by atoms with Crippen LogP contribution < -0.4 is 0 Å². The van der Waals surface area contributed by atoms with Crippen molar-refractivity contribution in [1.29, 1.82) is 0 Å².